The quantitative estimate of drug-likeness (QED) is 0.377. The van der Waals surface area contributed by atoms with Gasteiger partial charge in [-0.1, -0.05) is 46.3 Å². The smallest absolute Gasteiger partial charge is 0.276 e. The van der Waals surface area contributed by atoms with Crippen LogP contribution in [0.5, 0.6) is 11.5 Å². The second-order valence-electron chi connectivity index (χ2n) is 6.10. The molecule has 0 aliphatic heterocycles. The van der Waals surface area contributed by atoms with Gasteiger partial charge in [-0.15, -0.1) is 0 Å². The van der Waals surface area contributed by atoms with E-state index in [1.807, 2.05) is 36.4 Å². The first kappa shape index (κ1) is 21.5. The van der Waals surface area contributed by atoms with Gasteiger partial charge in [-0.2, -0.15) is 0 Å². The SMILES string of the molecule is COc1ccc(Br)cc1C(=O)NC(=S)NNC(=O)COc1ccc2ccccc2c1. The number of methoxy groups -OCH3 is 1. The van der Waals surface area contributed by atoms with Crippen molar-refractivity contribution in [1.29, 1.82) is 0 Å². The normalized spacial score (nSPS) is 10.2. The van der Waals surface area contributed by atoms with E-state index in [0.717, 1.165) is 10.8 Å². The first-order chi connectivity index (χ1) is 14.5. The van der Waals surface area contributed by atoms with E-state index >= 15 is 0 Å². The van der Waals surface area contributed by atoms with E-state index in [4.69, 9.17) is 21.7 Å². The van der Waals surface area contributed by atoms with Gasteiger partial charge in [0.25, 0.3) is 11.8 Å². The second-order valence-corrected chi connectivity index (χ2v) is 7.42. The largest absolute Gasteiger partial charge is 0.496 e. The van der Waals surface area contributed by atoms with Crippen LogP contribution >= 0.6 is 28.1 Å². The number of fused-ring (bicyclic) bond motifs is 1. The Labute approximate surface area is 186 Å². The molecule has 0 atom stereocenters. The Bertz CT molecular complexity index is 1110. The maximum atomic E-state index is 12.4. The highest BCUT2D eigenvalue weighted by Gasteiger charge is 2.14. The minimum Gasteiger partial charge on any atom is -0.496 e. The lowest BCUT2D eigenvalue weighted by molar-refractivity contribution is -0.123. The summed E-state index contributed by atoms with van der Waals surface area (Å²) in [7, 11) is 1.46. The predicted octanol–water partition coefficient (Wildman–Crippen LogP) is 3.33. The standard InChI is InChI=1S/C21H18BrN3O4S/c1-28-18-9-7-15(22)11-17(18)20(27)23-21(30)25-24-19(26)12-29-16-8-6-13-4-2-3-5-14(13)10-16/h2-11H,12H2,1H3,(H,24,26)(H2,23,25,27,30). The maximum Gasteiger partial charge on any atom is 0.276 e. The zero-order valence-corrected chi connectivity index (χ0v) is 18.3. The van der Waals surface area contributed by atoms with Gasteiger partial charge in [0, 0.05) is 4.47 Å². The van der Waals surface area contributed by atoms with Crippen molar-refractivity contribution in [3.63, 3.8) is 0 Å². The Morgan fingerprint density at radius 3 is 2.53 bits per heavy atom. The fourth-order valence-corrected chi connectivity index (χ4v) is 3.13. The number of hydrogen-bond donors (Lipinski definition) is 3. The molecule has 3 rings (SSSR count). The van der Waals surface area contributed by atoms with Crippen LogP contribution in [-0.2, 0) is 4.79 Å². The zero-order chi connectivity index (χ0) is 21.5. The Hall–Kier alpha value is -3.17. The third kappa shape index (κ3) is 5.68. The molecule has 154 valence electrons. The Balaban J connectivity index is 1.47. The summed E-state index contributed by atoms with van der Waals surface area (Å²) in [6.07, 6.45) is 0. The van der Waals surface area contributed by atoms with E-state index in [1.165, 1.54) is 7.11 Å². The number of halogens is 1. The number of carbonyl (C=O) groups excluding carboxylic acids is 2. The van der Waals surface area contributed by atoms with Gasteiger partial charge >= 0.3 is 0 Å². The van der Waals surface area contributed by atoms with E-state index in [0.29, 0.717) is 21.5 Å². The summed E-state index contributed by atoms with van der Waals surface area (Å²) >= 11 is 8.34. The molecular weight excluding hydrogens is 470 g/mol. The molecule has 0 fully saturated rings. The summed E-state index contributed by atoms with van der Waals surface area (Å²) in [4.78, 5) is 24.4. The Kier molecular flexibility index (Phi) is 7.21. The van der Waals surface area contributed by atoms with Crippen molar-refractivity contribution in [2.75, 3.05) is 13.7 Å². The van der Waals surface area contributed by atoms with Crippen molar-refractivity contribution in [2.45, 2.75) is 0 Å². The number of ether oxygens (including phenoxy) is 2. The fraction of sp³-hybridized carbons (Fsp3) is 0.0952. The summed E-state index contributed by atoms with van der Waals surface area (Å²) < 4.78 is 11.4. The molecular formula is C21H18BrN3O4S. The lowest BCUT2D eigenvalue weighted by Crippen LogP contribution is -2.49. The van der Waals surface area contributed by atoms with Gasteiger partial charge in [-0.25, -0.2) is 0 Å². The van der Waals surface area contributed by atoms with Gasteiger partial charge in [0.2, 0.25) is 0 Å². The number of thiocarbonyl (C=S) groups is 1. The van der Waals surface area contributed by atoms with Crippen molar-refractivity contribution in [1.82, 2.24) is 16.2 Å². The van der Waals surface area contributed by atoms with Crippen molar-refractivity contribution >= 4 is 55.8 Å². The van der Waals surface area contributed by atoms with Crippen LogP contribution in [0.4, 0.5) is 0 Å². The Morgan fingerprint density at radius 1 is 1.00 bits per heavy atom. The molecule has 30 heavy (non-hydrogen) atoms. The van der Waals surface area contributed by atoms with Crippen LogP contribution in [0.15, 0.2) is 65.1 Å². The van der Waals surface area contributed by atoms with Crippen LogP contribution < -0.4 is 25.6 Å². The highest BCUT2D eigenvalue weighted by Crippen LogP contribution is 2.23. The number of benzene rings is 3. The highest BCUT2D eigenvalue weighted by molar-refractivity contribution is 9.10. The average molecular weight is 488 g/mol. The minimum atomic E-state index is -0.479. The molecule has 0 aliphatic rings. The van der Waals surface area contributed by atoms with Crippen LogP contribution in [0.1, 0.15) is 10.4 Å². The lowest BCUT2D eigenvalue weighted by atomic mass is 10.1. The number of amides is 2. The number of rotatable bonds is 5. The van der Waals surface area contributed by atoms with Crippen LogP contribution in [0, 0.1) is 0 Å². The molecule has 3 aromatic rings. The van der Waals surface area contributed by atoms with E-state index < -0.39 is 11.8 Å². The number of hydrazine groups is 1. The van der Waals surface area contributed by atoms with Gasteiger partial charge in [-0.05, 0) is 53.3 Å². The molecule has 3 aromatic carbocycles. The Morgan fingerprint density at radius 2 is 1.77 bits per heavy atom. The van der Waals surface area contributed by atoms with Crippen molar-refractivity contribution in [2.24, 2.45) is 0 Å². The molecule has 0 unspecified atom stereocenters. The van der Waals surface area contributed by atoms with Crippen LogP contribution in [0.3, 0.4) is 0 Å². The second kappa shape index (κ2) is 10.0. The molecule has 0 spiro atoms. The monoisotopic (exact) mass is 487 g/mol. The molecule has 0 heterocycles. The minimum absolute atomic E-state index is 0.0684. The molecule has 0 bridgehead atoms. The summed E-state index contributed by atoms with van der Waals surface area (Å²) in [5, 5.41) is 4.50. The predicted molar refractivity (Wildman–Crippen MR) is 121 cm³/mol. The topological polar surface area (TPSA) is 88.7 Å². The van der Waals surface area contributed by atoms with Gasteiger partial charge in [0.15, 0.2) is 11.7 Å². The number of hydrogen-bond acceptors (Lipinski definition) is 5. The first-order valence-electron chi connectivity index (χ1n) is 8.81. The van der Waals surface area contributed by atoms with Gasteiger partial charge < -0.3 is 9.47 Å². The van der Waals surface area contributed by atoms with Gasteiger partial charge in [0.05, 0.1) is 12.7 Å². The fourth-order valence-electron chi connectivity index (χ4n) is 2.63. The van der Waals surface area contributed by atoms with Crippen molar-refractivity contribution in [3.8, 4) is 11.5 Å². The van der Waals surface area contributed by atoms with Crippen LogP contribution in [0.2, 0.25) is 0 Å². The van der Waals surface area contributed by atoms with E-state index in [2.05, 4.69) is 32.1 Å². The maximum absolute atomic E-state index is 12.4. The molecule has 0 aromatic heterocycles. The highest BCUT2D eigenvalue weighted by atomic mass is 79.9. The van der Waals surface area contributed by atoms with E-state index in [-0.39, 0.29) is 11.7 Å². The molecule has 0 saturated carbocycles. The van der Waals surface area contributed by atoms with Crippen molar-refractivity contribution < 1.29 is 19.1 Å². The van der Waals surface area contributed by atoms with E-state index in [1.54, 1.807) is 24.3 Å². The van der Waals surface area contributed by atoms with Gasteiger partial charge in [0.1, 0.15) is 11.5 Å². The molecule has 0 radical (unpaired) electrons. The van der Waals surface area contributed by atoms with E-state index in [9.17, 15) is 9.59 Å². The number of carbonyl (C=O) groups is 2. The summed E-state index contributed by atoms with van der Waals surface area (Å²) in [6.45, 7) is -0.221. The van der Waals surface area contributed by atoms with Crippen LogP contribution in [0.25, 0.3) is 10.8 Å². The summed E-state index contributed by atoms with van der Waals surface area (Å²) in [6, 6.07) is 18.4. The van der Waals surface area contributed by atoms with Crippen molar-refractivity contribution in [3.05, 3.63) is 70.7 Å². The summed E-state index contributed by atoms with van der Waals surface area (Å²) in [5.41, 5.74) is 5.14. The van der Waals surface area contributed by atoms with Crippen LogP contribution in [-0.4, -0.2) is 30.6 Å². The first-order valence-corrected chi connectivity index (χ1v) is 10.0. The molecule has 2 amide bonds. The molecule has 9 heteroatoms. The molecule has 7 nitrogen and oxygen atoms in total. The molecule has 0 aliphatic carbocycles. The molecule has 0 saturated heterocycles. The lowest BCUT2D eigenvalue weighted by Gasteiger charge is -2.13. The summed E-state index contributed by atoms with van der Waals surface area (Å²) in [5.74, 6) is 0.0277. The molecule has 3 N–H and O–H groups in total. The third-order valence-corrected chi connectivity index (χ3v) is 4.74. The number of nitrogens with one attached hydrogen (secondary N) is 3. The third-order valence-electron chi connectivity index (χ3n) is 4.04. The zero-order valence-electron chi connectivity index (χ0n) is 15.9. The van der Waals surface area contributed by atoms with Gasteiger partial charge in [-0.3, -0.25) is 25.8 Å². The average Bonchev–Trinajstić information content (AvgIpc) is 2.76.